The van der Waals surface area contributed by atoms with Gasteiger partial charge in [0.25, 0.3) is 0 Å². The number of furan rings is 1. The van der Waals surface area contributed by atoms with Crippen molar-refractivity contribution in [3.05, 3.63) is 93.9 Å². The number of likely N-dealkylation sites (tertiary alicyclic amines) is 1. The molecule has 4 heterocycles. The third kappa shape index (κ3) is 4.90. The molecular weight excluding hydrogens is 481 g/mol. The maximum absolute atomic E-state index is 16.3. The van der Waals surface area contributed by atoms with Crippen LogP contribution in [0, 0.1) is 17.8 Å². The lowest BCUT2D eigenvalue weighted by atomic mass is 9.74. The molecule has 3 aliphatic heterocycles. The maximum Gasteiger partial charge on any atom is 0.247 e. The van der Waals surface area contributed by atoms with E-state index >= 15 is 4.39 Å². The first-order valence-electron chi connectivity index (χ1n) is 12.5. The fourth-order valence-corrected chi connectivity index (χ4v) is 4.97. The lowest BCUT2D eigenvalue weighted by molar-refractivity contribution is -0.115. The zero-order valence-corrected chi connectivity index (χ0v) is 21.8. The molecule has 1 amide bonds. The Bertz CT molecular complexity index is 1500. The highest BCUT2D eigenvalue weighted by atomic mass is 19.1. The van der Waals surface area contributed by atoms with E-state index in [1.54, 1.807) is 25.2 Å². The second-order valence-electron chi connectivity index (χ2n) is 9.41. The molecule has 1 aromatic rings. The normalized spacial score (nSPS) is 29.8. The number of terminal acetylenes is 1. The van der Waals surface area contributed by atoms with Gasteiger partial charge < -0.3 is 25.1 Å². The lowest BCUT2D eigenvalue weighted by Crippen LogP contribution is -2.32. The Hall–Kier alpha value is -4.44. The van der Waals surface area contributed by atoms with E-state index in [0.717, 1.165) is 23.6 Å². The molecule has 1 saturated heterocycles. The van der Waals surface area contributed by atoms with Crippen LogP contribution in [-0.4, -0.2) is 23.9 Å². The van der Waals surface area contributed by atoms with Crippen LogP contribution >= 0.6 is 0 Å². The molecule has 38 heavy (non-hydrogen) atoms. The van der Waals surface area contributed by atoms with Crippen LogP contribution in [0.25, 0.3) is 24.3 Å². The van der Waals surface area contributed by atoms with E-state index in [2.05, 4.69) is 24.4 Å². The van der Waals surface area contributed by atoms with E-state index in [1.165, 1.54) is 18.5 Å². The molecule has 1 unspecified atom stereocenters. The van der Waals surface area contributed by atoms with Gasteiger partial charge in [0.2, 0.25) is 5.91 Å². The number of carbonyl (C=O) groups excluding carboxylic acids is 1. The molecular formula is C31H32FN3O3. The summed E-state index contributed by atoms with van der Waals surface area (Å²) in [5.41, 5.74) is 6.60. The molecule has 0 aliphatic carbocycles. The highest BCUT2D eigenvalue weighted by Crippen LogP contribution is 2.39. The van der Waals surface area contributed by atoms with E-state index in [9.17, 15) is 4.79 Å². The third-order valence-corrected chi connectivity index (χ3v) is 6.97. The number of nitrogens with one attached hydrogen (secondary N) is 1. The molecule has 3 N–H and O–H groups in total. The highest BCUT2D eigenvalue weighted by Gasteiger charge is 2.36. The predicted molar refractivity (Wildman–Crippen MR) is 149 cm³/mol. The van der Waals surface area contributed by atoms with Crippen molar-refractivity contribution in [1.29, 1.82) is 0 Å². The zero-order chi connectivity index (χ0) is 27.4. The van der Waals surface area contributed by atoms with Crippen molar-refractivity contribution in [3.63, 3.8) is 0 Å². The minimum Gasteiger partial charge on any atom is -0.456 e. The van der Waals surface area contributed by atoms with Gasteiger partial charge in [0, 0.05) is 36.3 Å². The number of rotatable bonds is 4. The quantitative estimate of drug-likeness (QED) is 0.593. The van der Waals surface area contributed by atoms with Gasteiger partial charge in [0.1, 0.15) is 28.5 Å². The zero-order valence-electron chi connectivity index (χ0n) is 21.8. The molecule has 7 heteroatoms. The van der Waals surface area contributed by atoms with Crippen molar-refractivity contribution >= 4 is 30.2 Å². The molecule has 0 spiro atoms. The largest absolute Gasteiger partial charge is 0.456 e. The van der Waals surface area contributed by atoms with E-state index in [1.807, 2.05) is 24.0 Å². The van der Waals surface area contributed by atoms with Gasteiger partial charge in [-0.2, -0.15) is 0 Å². The van der Waals surface area contributed by atoms with Gasteiger partial charge in [-0.15, -0.1) is 6.42 Å². The molecule has 0 saturated carbocycles. The summed E-state index contributed by atoms with van der Waals surface area (Å²) < 4.78 is 28.6. The minimum absolute atomic E-state index is 0.108. The summed E-state index contributed by atoms with van der Waals surface area (Å²) in [6, 6.07) is 0. The van der Waals surface area contributed by atoms with Gasteiger partial charge in [0.15, 0.2) is 5.76 Å². The van der Waals surface area contributed by atoms with Crippen molar-refractivity contribution in [2.75, 3.05) is 13.1 Å². The minimum atomic E-state index is -1.31. The number of halogens is 1. The van der Waals surface area contributed by atoms with Crippen molar-refractivity contribution in [1.82, 2.24) is 10.2 Å². The number of amides is 1. The Labute approximate surface area is 222 Å². The Morgan fingerprint density at radius 1 is 1.32 bits per heavy atom. The monoisotopic (exact) mass is 513 g/mol. The number of allylic oxidation sites excluding steroid dienone is 5. The first-order chi connectivity index (χ1) is 18.2. The first-order valence-corrected chi connectivity index (χ1v) is 12.5. The van der Waals surface area contributed by atoms with Crippen LogP contribution in [-0.2, 0) is 9.53 Å². The molecule has 4 rings (SSSR count). The number of primary amides is 1. The summed E-state index contributed by atoms with van der Waals surface area (Å²) >= 11 is 0. The topological polar surface area (TPSA) is 80.7 Å². The summed E-state index contributed by atoms with van der Waals surface area (Å²) in [6.45, 7) is 12.9. The molecule has 2 bridgehead atoms. The van der Waals surface area contributed by atoms with Crippen LogP contribution in [0.2, 0.25) is 0 Å². The van der Waals surface area contributed by atoms with Crippen molar-refractivity contribution in [2.24, 2.45) is 11.1 Å². The average molecular weight is 514 g/mol. The number of nitrogens with zero attached hydrogens (tertiary/aromatic N) is 1. The van der Waals surface area contributed by atoms with Crippen LogP contribution in [0.15, 0.2) is 76.3 Å². The summed E-state index contributed by atoms with van der Waals surface area (Å²) in [7, 11) is 0. The summed E-state index contributed by atoms with van der Waals surface area (Å²) in [5, 5.41) is 3.70. The highest BCUT2D eigenvalue weighted by molar-refractivity contribution is 5.95. The molecule has 3 aliphatic rings. The number of hydrogen-bond donors (Lipinski definition) is 2. The van der Waals surface area contributed by atoms with Crippen LogP contribution in [0.3, 0.4) is 0 Å². The van der Waals surface area contributed by atoms with E-state index in [-0.39, 0.29) is 29.2 Å². The van der Waals surface area contributed by atoms with Crippen LogP contribution < -0.4 is 21.7 Å². The smallest absolute Gasteiger partial charge is 0.247 e. The molecule has 196 valence electrons. The number of ether oxygens (including phenoxy) is 1. The molecule has 0 aromatic carbocycles. The Morgan fingerprint density at radius 2 is 2.05 bits per heavy atom. The first kappa shape index (κ1) is 26.6. The summed E-state index contributed by atoms with van der Waals surface area (Å²) in [5.74, 6) is 2.48. The average Bonchev–Trinajstić information content (AvgIpc) is 3.51. The van der Waals surface area contributed by atoms with Gasteiger partial charge >= 0.3 is 0 Å². The number of hydrogen-bond acceptors (Lipinski definition) is 5. The van der Waals surface area contributed by atoms with Gasteiger partial charge in [0.05, 0.1) is 11.0 Å². The predicted octanol–water partition coefficient (Wildman–Crippen LogP) is 4.11. The summed E-state index contributed by atoms with van der Waals surface area (Å²) in [4.78, 5) is 14.5. The van der Waals surface area contributed by atoms with Gasteiger partial charge in [-0.25, -0.2) is 4.39 Å². The van der Waals surface area contributed by atoms with Crippen molar-refractivity contribution in [2.45, 2.75) is 33.1 Å². The van der Waals surface area contributed by atoms with Crippen molar-refractivity contribution in [3.8, 4) is 12.3 Å². The van der Waals surface area contributed by atoms with Gasteiger partial charge in [-0.05, 0) is 63.0 Å². The lowest BCUT2D eigenvalue weighted by Gasteiger charge is -2.30. The Morgan fingerprint density at radius 3 is 2.68 bits per heavy atom. The van der Waals surface area contributed by atoms with E-state index < -0.39 is 17.1 Å². The van der Waals surface area contributed by atoms with Gasteiger partial charge in [-0.3, -0.25) is 4.79 Å². The molecule has 1 aromatic heterocycles. The maximum atomic E-state index is 16.3. The molecule has 1 fully saturated rings. The van der Waals surface area contributed by atoms with E-state index in [4.69, 9.17) is 21.3 Å². The van der Waals surface area contributed by atoms with Crippen molar-refractivity contribution < 1.29 is 18.3 Å². The van der Waals surface area contributed by atoms with Crippen LogP contribution in [0.4, 0.5) is 4.39 Å². The second kappa shape index (κ2) is 10.9. The molecule has 1 atom stereocenters. The summed E-state index contributed by atoms with van der Waals surface area (Å²) in [6.07, 6.45) is 21.4. The Balaban J connectivity index is 2.10. The fourth-order valence-electron chi connectivity index (χ4n) is 4.97. The van der Waals surface area contributed by atoms with Crippen LogP contribution in [0.5, 0.6) is 0 Å². The van der Waals surface area contributed by atoms with Crippen LogP contribution in [0.1, 0.15) is 44.4 Å². The number of nitrogens with two attached hydrogens (primary N) is 1. The molecule has 0 radical (unpaired) electrons. The standard InChI is InChI=1S/C31H32FN3O3/c1-6-11-22-23-16-20(4)37-28-19-34-18-24(30(33)36)31(5,8-3)21(12-13-27(23)38-26(22)7-2)17-25(32)29(28)35-14-9-10-15-35/h3,6-7,11,13,16-19,34H,2,4,9-10,12,14-15H2,1,5H3,(H2,33,36)/b11-6-,21-17+,23-16-,24-18-,27-13+,28-19-,29-25-. The van der Waals surface area contributed by atoms with E-state index in [0.29, 0.717) is 29.8 Å². The second-order valence-corrected chi connectivity index (χ2v) is 9.41. The van der Waals surface area contributed by atoms with Gasteiger partial charge in [-0.1, -0.05) is 31.2 Å². The number of fused-ring (bicyclic) bond motifs is 3. The third-order valence-electron chi connectivity index (χ3n) is 6.97. The molecule has 6 nitrogen and oxygen atoms in total. The Kier molecular flexibility index (Phi) is 7.63. The fraction of sp³-hybridized carbons (Fsp3) is 0.258. The SMILES string of the molecule is C#CC1(C)/C2=C/C(F)=C(N3CCCC3)\C(=C\N/C=C\1C(N)=O)OC(=C)/C=c1/c(/C=C\C)c(C=C)o/c1=C/C2. The number of carbonyl (C=O) groups is 1.